The summed E-state index contributed by atoms with van der Waals surface area (Å²) in [7, 11) is 3.78. The fourth-order valence-corrected chi connectivity index (χ4v) is 1.66. The normalized spacial score (nSPS) is 8.71. The van der Waals surface area contributed by atoms with Gasteiger partial charge >= 0.3 is 47.5 Å². The molecule has 2 rings (SSSR count). The molecule has 0 aliphatic rings. The molecule has 0 spiro atoms. The number of ether oxygens (including phenoxy) is 3. The molecule has 2 heterocycles. The number of hydrogen-bond acceptors (Lipinski definition) is 9. The summed E-state index contributed by atoms with van der Waals surface area (Å²) in [5.41, 5.74) is 0.827. The van der Waals surface area contributed by atoms with Crippen molar-refractivity contribution in [1.82, 2.24) is 9.97 Å². The van der Waals surface area contributed by atoms with Crippen molar-refractivity contribution in [3.05, 3.63) is 59.2 Å². The van der Waals surface area contributed by atoms with Gasteiger partial charge in [0, 0.05) is 8.41 Å². The molecule has 3 radical (unpaired) electrons. The first-order chi connectivity index (χ1) is 12.5. The number of hydrogen-bond donors (Lipinski definition) is 1. The number of aromatic nitrogens is 2. The van der Waals surface area contributed by atoms with Crippen molar-refractivity contribution in [2.24, 2.45) is 0 Å². The van der Waals surface area contributed by atoms with E-state index in [1.807, 2.05) is 0 Å². The van der Waals surface area contributed by atoms with Crippen LogP contribution in [0.5, 0.6) is 0 Å². The molecule has 0 aromatic carbocycles. The number of nitrogens with zero attached hydrogens (tertiary/aromatic N) is 2. The Hall–Kier alpha value is -2.27. The van der Waals surface area contributed by atoms with Crippen LogP contribution in [-0.2, 0) is 20.8 Å². The van der Waals surface area contributed by atoms with Gasteiger partial charge in [0.2, 0.25) is 0 Å². The van der Waals surface area contributed by atoms with Gasteiger partial charge in [0.15, 0.2) is 0 Å². The van der Waals surface area contributed by atoms with E-state index in [4.69, 9.17) is 5.11 Å². The van der Waals surface area contributed by atoms with Crippen LogP contribution in [0.25, 0.3) is 0 Å². The van der Waals surface area contributed by atoms with E-state index in [-0.39, 0.29) is 63.1 Å². The molecule has 0 atom stereocenters. The molecule has 143 valence electrons. The molecule has 0 aliphatic heterocycles. The number of aliphatic hydroxyl groups excluding tert-OH is 1. The van der Waals surface area contributed by atoms with Crippen molar-refractivity contribution in [2.45, 2.75) is 6.61 Å². The van der Waals surface area contributed by atoms with E-state index >= 15 is 0 Å². The third kappa shape index (κ3) is 8.62. The van der Waals surface area contributed by atoms with Gasteiger partial charge in [-0.15, -0.1) is 0 Å². The van der Waals surface area contributed by atoms with Crippen LogP contribution < -0.4 is 29.6 Å². The SMILES string of the molecule is COC(=O)c1cccc(C(=O)OC)n1.COC(=O)c1cccc(CO)n1.[B].[H-].[Na+]. The Balaban J connectivity index is -0.000000426. The first-order valence-corrected chi connectivity index (χ1v) is 7.25. The molecule has 11 heteroatoms. The van der Waals surface area contributed by atoms with E-state index in [0.29, 0.717) is 5.69 Å². The number of carbonyl (C=O) groups excluding carboxylic acids is 3. The summed E-state index contributed by atoms with van der Waals surface area (Å²) >= 11 is 0. The molecular weight excluding hydrogens is 378 g/mol. The quantitative estimate of drug-likeness (QED) is 0.346. The van der Waals surface area contributed by atoms with Crippen LogP contribution >= 0.6 is 0 Å². The Labute approximate surface area is 187 Å². The summed E-state index contributed by atoms with van der Waals surface area (Å²) in [6.45, 7) is -0.176. The molecule has 2 aromatic heterocycles. The average molecular weight is 397 g/mol. The van der Waals surface area contributed by atoms with Gasteiger partial charge in [-0.05, 0) is 24.3 Å². The second-order valence-corrected chi connectivity index (χ2v) is 4.56. The summed E-state index contributed by atoms with van der Waals surface area (Å²) in [5.74, 6) is -1.67. The summed E-state index contributed by atoms with van der Waals surface area (Å²) in [6.07, 6.45) is 0. The molecule has 0 bridgehead atoms. The van der Waals surface area contributed by atoms with Crippen molar-refractivity contribution in [3.63, 3.8) is 0 Å². The fourth-order valence-electron chi connectivity index (χ4n) is 1.66. The van der Waals surface area contributed by atoms with Crippen molar-refractivity contribution < 1.29 is 64.7 Å². The van der Waals surface area contributed by atoms with Crippen molar-refractivity contribution in [3.8, 4) is 0 Å². The van der Waals surface area contributed by atoms with Gasteiger partial charge in [0.1, 0.15) is 17.1 Å². The monoisotopic (exact) mass is 397 g/mol. The maximum Gasteiger partial charge on any atom is 1.00 e. The molecule has 0 unspecified atom stereocenters. The topological polar surface area (TPSA) is 125 Å². The standard InChI is InChI=1S/C9H9NO4.C8H9NO3.B.Na.H/c1-13-8(11)6-4-3-5-7(10-6)9(12)14-2;1-12-8(11)7-4-2-3-6(5-10)9-7;;;/h3-5H,1-2H3;2-4,10H,5H2,1H3;;;/q;;;+1;-1. The smallest absolute Gasteiger partial charge is 1.00 e. The fraction of sp³-hybridized carbons (Fsp3) is 0.235. The molecule has 0 aliphatic carbocycles. The van der Waals surface area contributed by atoms with Gasteiger partial charge in [-0.25, -0.2) is 24.4 Å². The van der Waals surface area contributed by atoms with Crippen LogP contribution in [0.1, 0.15) is 38.6 Å². The average Bonchev–Trinajstić information content (AvgIpc) is 2.72. The molecule has 2 aromatic rings. The molecule has 0 amide bonds. The predicted octanol–water partition coefficient (Wildman–Crippen LogP) is -2.25. The Bertz CT molecular complexity index is 765. The minimum absolute atomic E-state index is 0. The predicted molar refractivity (Wildman–Crippen MR) is 95.3 cm³/mol. The van der Waals surface area contributed by atoms with Crippen LogP contribution in [-0.4, -0.2) is 62.7 Å². The number of rotatable bonds is 4. The van der Waals surface area contributed by atoms with E-state index < -0.39 is 17.9 Å². The number of esters is 3. The van der Waals surface area contributed by atoms with Crippen molar-refractivity contribution >= 4 is 26.3 Å². The molecule has 1 N–H and O–H groups in total. The minimum atomic E-state index is -0.587. The number of aliphatic hydroxyl groups is 1. The van der Waals surface area contributed by atoms with Crippen LogP contribution in [0.2, 0.25) is 0 Å². The maximum atomic E-state index is 11.0. The van der Waals surface area contributed by atoms with Crippen LogP contribution in [0.4, 0.5) is 0 Å². The number of methoxy groups -OCH3 is 3. The maximum absolute atomic E-state index is 11.0. The Morgan fingerprint density at radius 3 is 1.54 bits per heavy atom. The Morgan fingerprint density at radius 2 is 1.18 bits per heavy atom. The third-order valence-corrected chi connectivity index (χ3v) is 2.90. The molecule has 28 heavy (non-hydrogen) atoms. The largest absolute Gasteiger partial charge is 1.00 e. The van der Waals surface area contributed by atoms with E-state index in [0.717, 1.165) is 0 Å². The first-order valence-electron chi connectivity index (χ1n) is 7.25. The van der Waals surface area contributed by atoms with Crippen LogP contribution in [0.15, 0.2) is 36.4 Å². The van der Waals surface area contributed by atoms with Gasteiger partial charge in [-0.2, -0.15) is 0 Å². The molecule has 0 saturated heterocycles. The van der Waals surface area contributed by atoms with Gasteiger partial charge < -0.3 is 20.7 Å². The van der Waals surface area contributed by atoms with E-state index in [1.54, 1.807) is 12.1 Å². The zero-order valence-corrected chi connectivity index (χ0v) is 18.0. The van der Waals surface area contributed by atoms with Gasteiger partial charge in [0.25, 0.3) is 0 Å². The minimum Gasteiger partial charge on any atom is -1.00 e. The molecular formula is C17H19BN2NaO7. The van der Waals surface area contributed by atoms with Crippen LogP contribution in [0, 0.1) is 0 Å². The zero-order valence-electron chi connectivity index (χ0n) is 17.0. The second-order valence-electron chi connectivity index (χ2n) is 4.56. The van der Waals surface area contributed by atoms with E-state index in [9.17, 15) is 14.4 Å². The van der Waals surface area contributed by atoms with Crippen LogP contribution in [0.3, 0.4) is 0 Å². The summed E-state index contributed by atoms with van der Waals surface area (Å²) < 4.78 is 13.4. The Morgan fingerprint density at radius 1 is 0.821 bits per heavy atom. The Kier molecular flexibility index (Phi) is 14.7. The third-order valence-electron chi connectivity index (χ3n) is 2.90. The first kappa shape index (κ1) is 27.9. The number of pyridine rings is 2. The van der Waals surface area contributed by atoms with E-state index in [2.05, 4.69) is 24.2 Å². The molecule has 0 saturated carbocycles. The second kappa shape index (κ2) is 14.8. The van der Waals surface area contributed by atoms with Crippen molar-refractivity contribution in [2.75, 3.05) is 21.3 Å². The summed E-state index contributed by atoms with van der Waals surface area (Å²) in [6, 6.07) is 9.25. The zero-order chi connectivity index (χ0) is 19.5. The van der Waals surface area contributed by atoms with E-state index in [1.165, 1.54) is 45.6 Å². The number of carbonyl (C=O) groups is 3. The van der Waals surface area contributed by atoms with Gasteiger partial charge in [-0.1, -0.05) is 12.1 Å². The van der Waals surface area contributed by atoms with Crippen molar-refractivity contribution in [1.29, 1.82) is 0 Å². The molecule has 9 nitrogen and oxygen atoms in total. The molecule has 0 fully saturated rings. The van der Waals surface area contributed by atoms with Gasteiger partial charge in [0.05, 0.1) is 33.6 Å². The summed E-state index contributed by atoms with van der Waals surface area (Å²) in [5, 5.41) is 8.70. The van der Waals surface area contributed by atoms with Gasteiger partial charge in [-0.3, -0.25) is 0 Å². The summed E-state index contributed by atoms with van der Waals surface area (Å²) in [4.78, 5) is 40.6.